The maximum atomic E-state index is 12.0. The lowest BCUT2D eigenvalue weighted by Gasteiger charge is -2.72. The molecule has 10 aliphatic rings. The SMILES string of the molecule is C.C=C(C)[C@@H]1CC[C@]2(N)CC[C@]3(C)[C@H](CC[C@@H]4[C@@]5(C)CC=C(c6ccc(C(=O)OC)cc6)C(C)(C)[C@@H]5CC[C@]43C)[C@@H]12.C=C(C)[C@@H]1CC[C@]2(NCC)CC[C@]3(C)[C@H](CC[C@@H]4[C@@]5(C)CC=C(c6ccc(C(=O)O)cc6)C(C)(C)[C@@H]5CC[C@]43C)[C@@H]12.CCI. The van der Waals surface area contributed by atoms with Gasteiger partial charge in [0.05, 0.1) is 18.2 Å². The summed E-state index contributed by atoms with van der Waals surface area (Å²) in [7, 11) is 1.45. The number of methoxy groups -OCH3 is 1. The molecule has 0 aliphatic heterocycles. The van der Waals surface area contributed by atoms with Gasteiger partial charge in [-0.05, 0) is 289 Å². The van der Waals surface area contributed by atoms with Crippen molar-refractivity contribution in [3.05, 3.63) is 107 Å². The highest BCUT2D eigenvalue weighted by atomic mass is 127. The number of aromatic carboxylic acids is 1. The van der Waals surface area contributed by atoms with Crippen LogP contribution in [-0.2, 0) is 4.74 Å². The van der Waals surface area contributed by atoms with E-state index in [2.05, 4.69) is 162 Å². The molecule has 2 aromatic rings. The summed E-state index contributed by atoms with van der Waals surface area (Å²) in [6, 6.07) is 15.7. The van der Waals surface area contributed by atoms with Gasteiger partial charge in [-0.3, -0.25) is 0 Å². The van der Waals surface area contributed by atoms with Gasteiger partial charge in [0, 0.05) is 11.1 Å². The third-order valence-electron chi connectivity index (χ3n) is 28.9. The number of benzene rings is 2. The molecule has 18 atom stereocenters. The van der Waals surface area contributed by atoms with Crippen molar-refractivity contribution in [2.45, 2.75) is 231 Å². The number of hydrogen-bond acceptors (Lipinski definition) is 5. The van der Waals surface area contributed by atoms with Crippen LogP contribution in [0.2, 0.25) is 0 Å². The Morgan fingerprint density at radius 3 is 1.44 bits per heavy atom. The van der Waals surface area contributed by atoms with Crippen LogP contribution in [0.3, 0.4) is 0 Å². The number of nitrogens with two attached hydrogens (primary N) is 1. The van der Waals surface area contributed by atoms with Gasteiger partial charge in [-0.1, -0.05) is 174 Å². The molecular weight excluding hydrogens is 1160 g/mol. The number of carboxylic acids is 1. The average molecular weight is 1270 g/mol. The lowest BCUT2D eigenvalue weighted by Crippen LogP contribution is -2.68. The summed E-state index contributed by atoms with van der Waals surface area (Å²) in [4.78, 5) is 23.5. The first-order chi connectivity index (χ1) is 39.4. The van der Waals surface area contributed by atoms with Crippen molar-refractivity contribution in [2.24, 2.45) is 108 Å². The highest BCUT2D eigenvalue weighted by Gasteiger charge is 2.72. The van der Waals surface area contributed by atoms with E-state index in [0.29, 0.717) is 79.2 Å². The Morgan fingerprint density at radius 1 is 0.576 bits per heavy atom. The largest absolute Gasteiger partial charge is 0.478 e. The van der Waals surface area contributed by atoms with Crippen LogP contribution in [-0.4, -0.2) is 46.2 Å². The van der Waals surface area contributed by atoms with Crippen molar-refractivity contribution in [3.8, 4) is 0 Å². The van der Waals surface area contributed by atoms with E-state index >= 15 is 0 Å². The van der Waals surface area contributed by atoms with E-state index in [4.69, 9.17) is 10.5 Å². The first-order valence-corrected chi connectivity index (χ1v) is 35.3. The summed E-state index contributed by atoms with van der Waals surface area (Å²) in [5.41, 5.74) is 18.8. The smallest absolute Gasteiger partial charge is 0.337 e. The zero-order valence-corrected chi connectivity index (χ0v) is 57.4. The first kappa shape index (κ1) is 66.4. The second kappa shape index (κ2) is 23.3. The number of ether oxygens (including phenoxy) is 1. The Kier molecular flexibility index (Phi) is 18.2. The summed E-state index contributed by atoms with van der Waals surface area (Å²) in [6.07, 6.45) is 28.3. The second-order valence-corrected chi connectivity index (χ2v) is 34.1. The van der Waals surface area contributed by atoms with Gasteiger partial charge in [0.25, 0.3) is 0 Å². The fourth-order valence-electron chi connectivity index (χ4n) is 24.9. The molecule has 4 N–H and O–H groups in total. The lowest BCUT2D eigenvalue weighted by molar-refractivity contribution is -0.219. The molecule has 0 saturated heterocycles. The fourth-order valence-corrected chi connectivity index (χ4v) is 24.9. The van der Waals surface area contributed by atoms with Gasteiger partial charge in [0.1, 0.15) is 0 Å². The normalized spacial score (nSPS) is 43.0. The molecule has 0 radical (unpaired) electrons. The van der Waals surface area contributed by atoms with Gasteiger partial charge in [-0.2, -0.15) is 0 Å². The molecule has 470 valence electrons. The molecule has 2 aromatic carbocycles. The van der Waals surface area contributed by atoms with E-state index < -0.39 is 5.97 Å². The number of carbonyl (C=O) groups excluding carboxylic acids is 1. The van der Waals surface area contributed by atoms with Crippen LogP contribution in [0.1, 0.15) is 252 Å². The molecular formula is C78H117IN2O4. The fraction of sp³-hybridized carbons (Fsp3) is 0.718. The zero-order valence-electron chi connectivity index (χ0n) is 55.2. The molecule has 0 spiro atoms. The minimum absolute atomic E-state index is 0. The van der Waals surface area contributed by atoms with Crippen molar-refractivity contribution in [1.29, 1.82) is 0 Å². The summed E-state index contributed by atoms with van der Waals surface area (Å²) in [6.45, 7) is 45.2. The standard InChI is InChI=1S/C38H55NO2.C37H53NO2.C2H5I.CH4/c1-9-39-38-21-16-27(24(2)3)32(38)29-14-15-31-35(6)19-17-28(25-10-12-26(13-11-25)33(40)41)34(4,5)30(35)18-20-37(31,8)36(29,7)22-23-38;1-23(2)26-15-20-37(38)22-21-35(6)28(31(26)37)13-14-30-34(5)18-16-27(24-9-11-25(12-10-24)32(39)40-8)33(3,4)29(34)17-19-36(30,35)7;1-2-3;/h10-13,17,27,29-32,39H,2,9,14-16,18-23H2,1,3-8H3,(H,40,41);9-12,16,26,28-31H,1,13-15,17-22,38H2,2-8H3;2H2,1H3;1H4/t27-,29+,30-,31+,32+,35-,36+,37+,38-;26-,28+,29-,30+,31+,34-,35+,36+,37-;;/m00../s1. The van der Waals surface area contributed by atoms with Crippen LogP contribution in [0.15, 0.2) is 85.0 Å². The molecule has 8 fully saturated rings. The van der Waals surface area contributed by atoms with E-state index in [1.165, 1.54) is 148 Å². The Balaban J connectivity index is 0.000000192. The topological polar surface area (TPSA) is 102 Å². The number of fused-ring (bicyclic) bond motifs is 14. The molecule has 0 bridgehead atoms. The molecule has 7 heteroatoms. The van der Waals surface area contributed by atoms with Crippen LogP contribution >= 0.6 is 22.6 Å². The summed E-state index contributed by atoms with van der Waals surface area (Å²) in [5, 5.41) is 13.5. The summed E-state index contributed by atoms with van der Waals surface area (Å²) in [5.74, 6) is 5.71. The highest BCUT2D eigenvalue weighted by molar-refractivity contribution is 14.1. The number of carbonyl (C=O) groups is 2. The maximum Gasteiger partial charge on any atom is 0.337 e. The molecule has 0 heterocycles. The van der Waals surface area contributed by atoms with E-state index in [1.807, 2.05) is 24.3 Å². The van der Waals surface area contributed by atoms with Crippen molar-refractivity contribution in [3.63, 3.8) is 0 Å². The van der Waals surface area contributed by atoms with Gasteiger partial charge in [0.2, 0.25) is 0 Å². The molecule has 0 aromatic heterocycles. The zero-order chi connectivity index (χ0) is 61.2. The van der Waals surface area contributed by atoms with Gasteiger partial charge < -0.3 is 20.9 Å². The molecule has 85 heavy (non-hydrogen) atoms. The molecule has 0 amide bonds. The van der Waals surface area contributed by atoms with Gasteiger partial charge in [-0.15, -0.1) is 0 Å². The van der Waals surface area contributed by atoms with Gasteiger partial charge in [-0.25, -0.2) is 9.59 Å². The Bertz CT molecular complexity index is 2920. The highest BCUT2D eigenvalue weighted by Crippen LogP contribution is 2.79. The lowest BCUT2D eigenvalue weighted by atomic mass is 9.33. The predicted molar refractivity (Wildman–Crippen MR) is 366 cm³/mol. The molecule has 10 aliphatic carbocycles. The van der Waals surface area contributed by atoms with Crippen LogP contribution < -0.4 is 11.1 Å². The van der Waals surface area contributed by atoms with Gasteiger partial charge >= 0.3 is 11.9 Å². The average Bonchev–Trinajstić information content (AvgIpc) is 1.64. The predicted octanol–water partition coefficient (Wildman–Crippen LogP) is 20.3. The number of alkyl halides is 1. The third-order valence-corrected chi connectivity index (χ3v) is 28.9. The quantitative estimate of drug-likeness (QED) is 0.105. The van der Waals surface area contributed by atoms with E-state index in [0.717, 1.165) is 43.1 Å². The Morgan fingerprint density at radius 2 is 1.00 bits per heavy atom. The molecule has 12 rings (SSSR count). The number of esters is 1. The molecule has 6 nitrogen and oxygen atoms in total. The Hall–Kier alpha value is -3.01. The maximum absolute atomic E-state index is 12.0. The number of carboxylic acid groups (broad SMARTS) is 1. The summed E-state index contributed by atoms with van der Waals surface area (Å²) < 4.78 is 6.15. The molecule has 8 saturated carbocycles. The number of nitrogens with one attached hydrogen (secondary N) is 1. The van der Waals surface area contributed by atoms with E-state index in [1.54, 1.807) is 12.1 Å². The molecule has 0 unspecified atom stereocenters. The number of halogens is 1. The number of allylic oxidation sites excluding steroid dienone is 6. The first-order valence-electron chi connectivity index (χ1n) is 33.7. The third kappa shape index (κ3) is 9.98. The minimum Gasteiger partial charge on any atom is -0.478 e. The van der Waals surface area contributed by atoms with Crippen molar-refractivity contribution in [2.75, 3.05) is 18.1 Å². The second-order valence-electron chi connectivity index (χ2n) is 32.6. The van der Waals surface area contributed by atoms with Crippen LogP contribution in [0.25, 0.3) is 11.1 Å². The van der Waals surface area contributed by atoms with Crippen molar-refractivity contribution >= 4 is 45.7 Å². The number of rotatable bonds is 8. The monoisotopic (exact) mass is 1270 g/mol. The van der Waals surface area contributed by atoms with Crippen LogP contribution in [0.4, 0.5) is 0 Å². The summed E-state index contributed by atoms with van der Waals surface area (Å²) >= 11 is 2.29. The minimum atomic E-state index is -0.853. The van der Waals surface area contributed by atoms with E-state index in [-0.39, 0.29) is 35.2 Å². The van der Waals surface area contributed by atoms with Crippen molar-refractivity contribution < 1.29 is 19.4 Å². The Labute approximate surface area is 531 Å². The van der Waals surface area contributed by atoms with Gasteiger partial charge in [0.15, 0.2) is 0 Å². The van der Waals surface area contributed by atoms with Crippen LogP contribution in [0, 0.1) is 102 Å². The number of hydrogen-bond donors (Lipinski definition) is 3. The van der Waals surface area contributed by atoms with Crippen LogP contribution in [0.5, 0.6) is 0 Å². The van der Waals surface area contributed by atoms with E-state index in [9.17, 15) is 14.7 Å². The van der Waals surface area contributed by atoms with Crippen molar-refractivity contribution in [1.82, 2.24) is 5.32 Å².